The monoisotopic (exact) mass is 283 g/mol. The molecule has 0 atom stereocenters. The maximum atomic E-state index is 6.33. The summed E-state index contributed by atoms with van der Waals surface area (Å²) in [6, 6.07) is 6.20. The van der Waals surface area contributed by atoms with E-state index >= 15 is 0 Å². The van der Waals surface area contributed by atoms with Crippen molar-refractivity contribution in [3.8, 4) is 5.75 Å². The van der Waals surface area contributed by atoms with Crippen molar-refractivity contribution >= 4 is 23.4 Å². The van der Waals surface area contributed by atoms with Crippen LogP contribution in [0.3, 0.4) is 0 Å². The molecule has 2 fully saturated rings. The highest BCUT2D eigenvalue weighted by Crippen LogP contribution is 2.44. The van der Waals surface area contributed by atoms with Crippen molar-refractivity contribution in [3.63, 3.8) is 0 Å². The van der Waals surface area contributed by atoms with Gasteiger partial charge in [-0.3, -0.25) is 0 Å². The van der Waals surface area contributed by atoms with Gasteiger partial charge in [-0.25, -0.2) is 0 Å². The Hall–Kier alpha value is -0.380. The van der Waals surface area contributed by atoms with Gasteiger partial charge in [0.15, 0.2) is 0 Å². The molecule has 1 aliphatic carbocycles. The quantitative estimate of drug-likeness (QED) is 0.921. The van der Waals surface area contributed by atoms with Gasteiger partial charge in [-0.2, -0.15) is 11.8 Å². The fourth-order valence-corrected chi connectivity index (χ4v) is 3.39. The Morgan fingerprint density at radius 3 is 2.61 bits per heavy atom. The van der Waals surface area contributed by atoms with Gasteiger partial charge in [-0.05, 0) is 30.5 Å². The van der Waals surface area contributed by atoms with Crippen molar-refractivity contribution in [1.29, 1.82) is 0 Å². The number of ether oxygens (including phenoxy) is 1. The van der Waals surface area contributed by atoms with E-state index in [1.807, 2.05) is 17.8 Å². The van der Waals surface area contributed by atoms with Crippen LogP contribution in [-0.4, -0.2) is 24.2 Å². The zero-order valence-corrected chi connectivity index (χ0v) is 11.9. The van der Waals surface area contributed by atoms with Crippen LogP contribution in [0.4, 0.5) is 0 Å². The van der Waals surface area contributed by atoms with Crippen LogP contribution >= 0.6 is 23.4 Å². The van der Waals surface area contributed by atoms with Gasteiger partial charge in [0.1, 0.15) is 11.9 Å². The second-order valence-electron chi connectivity index (χ2n) is 5.26. The van der Waals surface area contributed by atoms with Crippen molar-refractivity contribution in [1.82, 2.24) is 0 Å². The van der Waals surface area contributed by atoms with Gasteiger partial charge in [0.25, 0.3) is 0 Å². The molecular formula is C14H18ClNOS. The molecule has 0 spiro atoms. The highest BCUT2D eigenvalue weighted by Gasteiger charge is 2.37. The van der Waals surface area contributed by atoms with Crippen LogP contribution in [0.2, 0.25) is 5.02 Å². The average Bonchev–Trinajstić information content (AvgIpc) is 2.25. The molecule has 18 heavy (non-hydrogen) atoms. The molecule has 1 aromatic rings. The molecule has 1 aromatic carbocycles. The van der Waals surface area contributed by atoms with Gasteiger partial charge in [-0.1, -0.05) is 24.1 Å². The summed E-state index contributed by atoms with van der Waals surface area (Å²) in [5.41, 5.74) is 7.37. The Morgan fingerprint density at radius 1 is 1.39 bits per heavy atom. The number of rotatable bonds is 4. The summed E-state index contributed by atoms with van der Waals surface area (Å²) in [5, 5.41) is 0.726. The molecule has 1 heterocycles. The second kappa shape index (κ2) is 4.95. The molecule has 2 N–H and O–H groups in total. The molecule has 0 unspecified atom stereocenters. The Bertz CT molecular complexity index is 438. The van der Waals surface area contributed by atoms with E-state index in [1.165, 1.54) is 24.8 Å². The molecule has 2 aliphatic rings. The Kier molecular flexibility index (Phi) is 3.48. The molecule has 3 rings (SSSR count). The first-order valence-corrected chi connectivity index (χ1v) is 8.01. The number of hydrogen-bond acceptors (Lipinski definition) is 3. The van der Waals surface area contributed by atoms with E-state index in [4.69, 9.17) is 22.1 Å². The van der Waals surface area contributed by atoms with Crippen molar-refractivity contribution < 1.29 is 4.74 Å². The van der Waals surface area contributed by atoms with Gasteiger partial charge >= 0.3 is 0 Å². The zero-order chi connectivity index (χ0) is 12.6. The topological polar surface area (TPSA) is 35.2 Å². The van der Waals surface area contributed by atoms with E-state index < -0.39 is 0 Å². The molecular weight excluding hydrogens is 266 g/mol. The number of thioether (sulfide) groups is 1. The lowest BCUT2D eigenvalue weighted by molar-refractivity contribution is 0.238. The summed E-state index contributed by atoms with van der Waals surface area (Å²) in [6.07, 6.45) is 3.97. The van der Waals surface area contributed by atoms with Crippen LogP contribution in [0.5, 0.6) is 5.75 Å². The standard InChI is InChI=1S/C14H18ClNOS/c15-12-6-10(14(9-16)4-1-5-14)2-3-13(12)17-11-7-18-8-11/h2-3,6,11H,1,4-5,7-9,16H2. The van der Waals surface area contributed by atoms with Gasteiger partial charge in [0, 0.05) is 23.5 Å². The SMILES string of the molecule is NCC1(c2ccc(OC3CSC3)c(Cl)c2)CCC1. The highest BCUT2D eigenvalue weighted by molar-refractivity contribution is 8.00. The third-order valence-electron chi connectivity index (χ3n) is 4.15. The molecule has 1 aliphatic heterocycles. The number of benzene rings is 1. The van der Waals surface area contributed by atoms with Crippen LogP contribution in [-0.2, 0) is 5.41 Å². The smallest absolute Gasteiger partial charge is 0.138 e. The molecule has 0 amide bonds. The minimum atomic E-state index is 0.175. The average molecular weight is 284 g/mol. The lowest BCUT2D eigenvalue weighted by atomic mass is 9.64. The van der Waals surface area contributed by atoms with Gasteiger partial charge in [0.05, 0.1) is 5.02 Å². The van der Waals surface area contributed by atoms with E-state index in [1.54, 1.807) is 0 Å². The lowest BCUT2D eigenvalue weighted by Gasteiger charge is -2.41. The van der Waals surface area contributed by atoms with E-state index in [2.05, 4.69) is 12.1 Å². The Morgan fingerprint density at radius 2 is 2.17 bits per heavy atom. The third-order valence-corrected chi connectivity index (χ3v) is 5.66. The van der Waals surface area contributed by atoms with Crippen LogP contribution < -0.4 is 10.5 Å². The van der Waals surface area contributed by atoms with Crippen molar-refractivity contribution in [2.45, 2.75) is 30.8 Å². The Balaban J connectivity index is 1.79. The first-order chi connectivity index (χ1) is 8.73. The summed E-state index contributed by atoms with van der Waals surface area (Å²) in [7, 11) is 0. The third kappa shape index (κ3) is 2.13. The summed E-state index contributed by atoms with van der Waals surface area (Å²) in [6.45, 7) is 0.711. The highest BCUT2D eigenvalue weighted by atomic mass is 35.5. The predicted molar refractivity (Wildman–Crippen MR) is 77.8 cm³/mol. The van der Waals surface area contributed by atoms with Crippen LogP contribution in [0.1, 0.15) is 24.8 Å². The Labute approximate surface area is 117 Å². The van der Waals surface area contributed by atoms with Crippen LogP contribution in [0.15, 0.2) is 18.2 Å². The fourth-order valence-electron chi connectivity index (χ4n) is 2.60. The molecule has 1 saturated carbocycles. The summed E-state index contributed by atoms with van der Waals surface area (Å²) in [4.78, 5) is 0. The minimum absolute atomic E-state index is 0.175. The fraction of sp³-hybridized carbons (Fsp3) is 0.571. The number of hydrogen-bond donors (Lipinski definition) is 1. The van der Waals surface area contributed by atoms with Crippen LogP contribution in [0, 0.1) is 0 Å². The normalized spacial score (nSPS) is 22.1. The molecule has 4 heteroatoms. The first-order valence-electron chi connectivity index (χ1n) is 6.48. The van der Waals surface area contributed by atoms with E-state index in [0.29, 0.717) is 12.6 Å². The molecule has 0 bridgehead atoms. The van der Waals surface area contributed by atoms with E-state index in [-0.39, 0.29) is 5.41 Å². The maximum Gasteiger partial charge on any atom is 0.138 e. The summed E-state index contributed by atoms with van der Waals surface area (Å²) in [5.74, 6) is 2.97. The van der Waals surface area contributed by atoms with Crippen molar-refractivity contribution in [2.75, 3.05) is 18.1 Å². The molecule has 0 aromatic heterocycles. The molecule has 1 saturated heterocycles. The summed E-state index contributed by atoms with van der Waals surface area (Å²) < 4.78 is 5.85. The molecule has 0 radical (unpaired) electrons. The number of nitrogens with two attached hydrogens (primary N) is 1. The van der Waals surface area contributed by atoms with Gasteiger partial charge in [-0.15, -0.1) is 0 Å². The molecule has 98 valence electrons. The number of halogens is 1. The second-order valence-corrected chi connectivity index (χ2v) is 6.74. The van der Waals surface area contributed by atoms with Gasteiger partial charge < -0.3 is 10.5 Å². The van der Waals surface area contributed by atoms with Crippen LogP contribution in [0.25, 0.3) is 0 Å². The van der Waals surface area contributed by atoms with Crippen molar-refractivity contribution in [2.24, 2.45) is 5.73 Å². The zero-order valence-electron chi connectivity index (χ0n) is 10.3. The maximum absolute atomic E-state index is 6.33. The lowest BCUT2D eigenvalue weighted by Crippen LogP contribution is -2.41. The van der Waals surface area contributed by atoms with E-state index in [0.717, 1.165) is 22.3 Å². The predicted octanol–water partition coefficient (Wildman–Crippen LogP) is 3.21. The molecule has 2 nitrogen and oxygen atoms in total. The van der Waals surface area contributed by atoms with E-state index in [9.17, 15) is 0 Å². The summed E-state index contributed by atoms with van der Waals surface area (Å²) >= 11 is 8.24. The minimum Gasteiger partial charge on any atom is -0.487 e. The van der Waals surface area contributed by atoms with Gasteiger partial charge in [0.2, 0.25) is 0 Å². The first kappa shape index (κ1) is 12.6. The van der Waals surface area contributed by atoms with Crippen molar-refractivity contribution in [3.05, 3.63) is 28.8 Å². The largest absolute Gasteiger partial charge is 0.487 e.